The van der Waals surface area contributed by atoms with Crippen LogP contribution in [0.4, 0.5) is 10.1 Å². The molecule has 0 fully saturated rings. The number of aryl methyl sites for hydroxylation is 1. The maximum Gasteiger partial charge on any atom is 0.262 e. The Kier molecular flexibility index (Phi) is 4.52. The number of rotatable bonds is 4. The molecule has 2 rings (SSSR count). The molecule has 0 aliphatic heterocycles. The van der Waals surface area contributed by atoms with Gasteiger partial charge in [-0.25, -0.2) is 4.39 Å². The molecule has 0 bridgehead atoms. The Labute approximate surface area is 121 Å². The zero-order valence-electron chi connectivity index (χ0n) is 11.4. The third-order valence-corrected chi connectivity index (χ3v) is 2.83. The Bertz CT molecular complexity index is 690. The predicted molar refractivity (Wildman–Crippen MR) is 76.4 cm³/mol. The lowest BCUT2D eigenvalue weighted by Gasteiger charge is -2.09. The van der Waals surface area contributed by atoms with Crippen LogP contribution < -0.4 is 10.1 Å². The number of hydrogen-bond donors (Lipinski definition) is 1. The molecule has 0 saturated heterocycles. The molecule has 21 heavy (non-hydrogen) atoms. The quantitative estimate of drug-likeness (QED) is 0.938. The fraction of sp³-hybridized carbons (Fsp3) is 0.125. The van der Waals surface area contributed by atoms with Crippen molar-refractivity contribution in [3.8, 4) is 11.8 Å². The van der Waals surface area contributed by atoms with Crippen LogP contribution in [0.15, 0.2) is 42.5 Å². The number of amides is 1. The Hall–Kier alpha value is -2.87. The number of hydrogen-bond acceptors (Lipinski definition) is 3. The third kappa shape index (κ3) is 4.05. The van der Waals surface area contributed by atoms with Crippen LogP contribution in [-0.4, -0.2) is 12.5 Å². The lowest BCUT2D eigenvalue weighted by molar-refractivity contribution is -0.118. The smallest absolute Gasteiger partial charge is 0.262 e. The van der Waals surface area contributed by atoms with Crippen LogP contribution in [0, 0.1) is 24.1 Å². The molecule has 4 nitrogen and oxygen atoms in total. The number of ether oxygens (including phenoxy) is 1. The number of halogens is 1. The first-order valence-corrected chi connectivity index (χ1v) is 6.27. The number of nitriles is 1. The maximum atomic E-state index is 13.1. The molecule has 2 aromatic rings. The van der Waals surface area contributed by atoms with Crippen molar-refractivity contribution in [2.75, 3.05) is 11.9 Å². The summed E-state index contributed by atoms with van der Waals surface area (Å²) < 4.78 is 18.4. The highest BCUT2D eigenvalue weighted by molar-refractivity contribution is 5.92. The van der Waals surface area contributed by atoms with Gasteiger partial charge < -0.3 is 10.1 Å². The standard InChI is InChI=1S/C16H13FN2O2/c1-11-2-5-13(17)8-15(11)19-16(20)10-21-14-6-3-12(9-18)4-7-14/h2-8H,10H2,1H3,(H,19,20). The lowest BCUT2D eigenvalue weighted by Crippen LogP contribution is -2.20. The molecular formula is C16H13FN2O2. The van der Waals surface area contributed by atoms with Crippen LogP contribution in [-0.2, 0) is 4.79 Å². The zero-order valence-corrected chi connectivity index (χ0v) is 11.4. The molecule has 0 unspecified atom stereocenters. The van der Waals surface area contributed by atoms with Crippen molar-refractivity contribution in [1.82, 2.24) is 0 Å². The number of nitrogens with one attached hydrogen (secondary N) is 1. The van der Waals surface area contributed by atoms with Crippen LogP contribution in [0.3, 0.4) is 0 Å². The van der Waals surface area contributed by atoms with Gasteiger partial charge in [0.05, 0.1) is 11.6 Å². The van der Waals surface area contributed by atoms with Crippen LogP contribution in [0.1, 0.15) is 11.1 Å². The number of benzene rings is 2. The first-order valence-electron chi connectivity index (χ1n) is 6.27. The second-order valence-electron chi connectivity index (χ2n) is 4.43. The molecule has 1 N–H and O–H groups in total. The molecule has 0 aromatic heterocycles. The normalized spacial score (nSPS) is 9.76. The topological polar surface area (TPSA) is 62.1 Å². The summed E-state index contributed by atoms with van der Waals surface area (Å²) in [5, 5.41) is 11.3. The summed E-state index contributed by atoms with van der Waals surface area (Å²) in [7, 11) is 0. The fourth-order valence-corrected chi connectivity index (χ4v) is 1.69. The minimum Gasteiger partial charge on any atom is -0.484 e. The summed E-state index contributed by atoms with van der Waals surface area (Å²) in [6.45, 7) is 1.58. The van der Waals surface area contributed by atoms with Crippen molar-refractivity contribution < 1.29 is 13.9 Å². The molecule has 0 atom stereocenters. The maximum absolute atomic E-state index is 13.1. The second-order valence-corrected chi connectivity index (χ2v) is 4.43. The Morgan fingerprint density at radius 2 is 2.00 bits per heavy atom. The first-order chi connectivity index (χ1) is 10.1. The van der Waals surface area contributed by atoms with Gasteiger partial charge in [-0.05, 0) is 48.9 Å². The van der Waals surface area contributed by atoms with E-state index in [0.717, 1.165) is 5.56 Å². The van der Waals surface area contributed by atoms with Crippen LogP contribution >= 0.6 is 0 Å². The zero-order chi connectivity index (χ0) is 15.2. The van der Waals surface area contributed by atoms with E-state index in [0.29, 0.717) is 17.0 Å². The van der Waals surface area contributed by atoms with E-state index in [-0.39, 0.29) is 12.5 Å². The summed E-state index contributed by atoms with van der Waals surface area (Å²) in [5.74, 6) is -0.308. The van der Waals surface area contributed by atoms with Crippen molar-refractivity contribution >= 4 is 11.6 Å². The van der Waals surface area contributed by atoms with Crippen molar-refractivity contribution in [2.24, 2.45) is 0 Å². The highest BCUT2D eigenvalue weighted by Gasteiger charge is 2.07. The van der Waals surface area contributed by atoms with Gasteiger partial charge in [-0.2, -0.15) is 5.26 Å². The highest BCUT2D eigenvalue weighted by atomic mass is 19.1. The van der Waals surface area contributed by atoms with Gasteiger partial charge >= 0.3 is 0 Å². The molecule has 0 aliphatic rings. The molecule has 0 spiro atoms. The van der Waals surface area contributed by atoms with Crippen LogP contribution in [0.2, 0.25) is 0 Å². The van der Waals surface area contributed by atoms with E-state index in [2.05, 4.69) is 5.32 Å². The van der Waals surface area contributed by atoms with Crippen molar-refractivity contribution in [2.45, 2.75) is 6.92 Å². The Balaban J connectivity index is 1.92. The van der Waals surface area contributed by atoms with Gasteiger partial charge in [-0.15, -0.1) is 0 Å². The minimum atomic E-state index is -0.413. The molecule has 1 amide bonds. The summed E-state index contributed by atoms with van der Waals surface area (Å²) >= 11 is 0. The molecule has 0 saturated carbocycles. The fourth-order valence-electron chi connectivity index (χ4n) is 1.69. The van der Waals surface area contributed by atoms with Crippen LogP contribution in [0.5, 0.6) is 5.75 Å². The van der Waals surface area contributed by atoms with Crippen molar-refractivity contribution in [3.05, 3.63) is 59.4 Å². The van der Waals surface area contributed by atoms with Gasteiger partial charge in [0.25, 0.3) is 5.91 Å². The lowest BCUT2D eigenvalue weighted by atomic mass is 10.2. The van der Waals surface area contributed by atoms with Gasteiger partial charge in [0, 0.05) is 5.69 Å². The summed E-state index contributed by atoms with van der Waals surface area (Å²) in [6, 6.07) is 12.6. The Morgan fingerprint density at radius 1 is 1.29 bits per heavy atom. The SMILES string of the molecule is Cc1ccc(F)cc1NC(=O)COc1ccc(C#N)cc1. The summed E-state index contributed by atoms with van der Waals surface area (Å²) in [4.78, 5) is 11.8. The molecule has 0 heterocycles. The number of anilines is 1. The Morgan fingerprint density at radius 3 is 2.67 bits per heavy atom. The molecule has 106 valence electrons. The summed E-state index contributed by atoms with van der Waals surface area (Å²) in [6.07, 6.45) is 0. The van der Waals surface area contributed by atoms with E-state index in [1.807, 2.05) is 6.07 Å². The largest absolute Gasteiger partial charge is 0.484 e. The van der Waals surface area contributed by atoms with E-state index in [9.17, 15) is 9.18 Å². The van der Waals surface area contributed by atoms with Gasteiger partial charge in [-0.3, -0.25) is 4.79 Å². The van der Waals surface area contributed by atoms with Crippen molar-refractivity contribution in [1.29, 1.82) is 5.26 Å². The summed E-state index contributed by atoms with van der Waals surface area (Å²) in [5.41, 5.74) is 1.70. The average Bonchev–Trinajstić information content (AvgIpc) is 2.49. The molecule has 0 radical (unpaired) electrons. The van der Waals surface area contributed by atoms with Gasteiger partial charge in [0.1, 0.15) is 11.6 Å². The second kappa shape index (κ2) is 6.53. The predicted octanol–water partition coefficient (Wildman–Crippen LogP) is 3.02. The molecule has 2 aromatic carbocycles. The van der Waals surface area contributed by atoms with E-state index < -0.39 is 5.82 Å². The van der Waals surface area contributed by atoms with E-state index in [1.165, 1.54) is 12.1 Å². The molecule has 0 aliphatic carbocycles. The molecule has 5 heteroatoms. The van der Waals surface area contributed by atoms with E-state index >= 15 is 0 Å². The van der Waals surface area contributed by atoms with Gasteiger partial charge in [0.15, 0.2) is 6.61 Å². The number of carbonyl (C=O) groups is 1. The van der Waals surface area contributed by atoms with Gasteiger partial charge in [0.2, 0.25) is 0 Å². The molecular weight excluding hydrogens is 271 g/mol. The minimum absolute atomic E-state index is 0.193. The van der Waals surface area contributed by atoms with Crippen LogP contribution in [0.25, 0.3) is 0 Å². The number of nitrogens with zero attached hydrogens (tertiary/aromatic N) is 1. The van der Waals surface area contributed by atoms with Gasteiger partial charge in [-0.1, -0.05) is 6.07 Å². The van der Waals surface area contributed by atoms with E-state index in [1.54, 1.807) is 37.3 Å². The number of carbonyl (C=O) groups excluding carboxylic acids is 1. The third-order valence-electron chi connectivity index (χ3n) is 2.83. The highest BCUT2D eigenvalue weighted by Crippen LogP contribution is 2.16. The van der Waals surface area contributed by atoms with E-state index in [4.69, 9.17) is 10.00 Å². The monoisotopic (exact) mass is 284 g/mol. The average molecular weight is 284 g/mol. The first kappa shape index (κ1) is 14.5. The van der Waals surface area contributed by atoms with Crippen molar-refractivity contribution in [3.63, 3.8) is 0 Å².